The van der Waals surface area contributed by atoms with Crippen molar-refractivity contribution in [3.8, 4) is 0 Å². The average molecular weight is 394 g/mol. The summed E-state index contributed by atoms with van der Waals surface area (Å²) in [4.78, 5) is 18.4. The molecular formula is C21H35NO4Si. The number of hydroxylamine groups is 2. The second-order valence-electron chi connectivity index (χ2n) is 9.56. The normalized spacial score (nSPS) is 23.9. The summed E-state index contributed by atoms with van der Waals surface area (Å²) in [7, 11) is -0.716. The number of hydrogen-bond donors (Lipinski definition) is 0. The Morgan fingerprint density at radius 1 is 1.26 bits per heavy atom. The van der Waals surface area contributed by atoms with Crippen LogP contribution in [0.2, 0.25) is 18.1 Å². The molecule has 0 bridgehead atoms. The summed E-state index contributed by atoms with van der Waals surface area (Å²) in [5, 5.41) is 1.66. The van der Waals surface area contributed by atoms with E-state index in [1.54, 1.807) is 5.23 Å². The van der Waals surface area contributed by atoms with Gasteiger partial charge in [0.2, 0.25) is 8.32 Å². The van der Waals surface area contributed by atoms with E-state index in [1.807, 2.05) is 18.2 Å². The molecule has 0 aliphatic carbocycles. The molecule has 1 aliphatic rings. The predicted octanol–water partition coefficient (Wildman–Crippen LogP) is 5.05. The van der Waals surface area contributed by atoms with Crippen molar-refractivity contribution in [3.63, 3.8) is 0 Å². The number of carbonyl (C=O) groups is 1. The van der Waals surface area contributed by atoms with E-state index in [0.29, 0.717) is 0 Å². The number of benzene rings is 1. The lowest BCUT2D eigenvalue weighted by atomic mass is 9.80. The van der Waals surface area contributed by atoms with Crippen molar-refractivity contribution in [2.75, 3.05) is 7.11 Å². The SMILES string of the molecule is COC(=O)C[C@H]1[C@@H](c2ccccc2)CC(C)(C)ON1O[Si](C)(C)C(C)(C)C. The fourth-order valence-corrected chi connectivity index (χ4v) is 4.02. The van der Waals surface area contributed by atoms with Gasteiger partial charge in [-0.2, -0.15) is 0 Å². The van der Waals surface area contributed by atoms with Crippen LogP contribution in [0.25, 0.3) is 0 Å². The Bertz CT molecular complexity index is 639. The standard InChI is InChI=1S/C21H35NO4Si/c1-20(2,3)27(7,8)26-22-18(14-19(23)24-6)17(15-21(4,5)25-22)16-12-10-9-11-13-16/h9-13,17-18H,14-15H2,1-8H3/t17-,18+/m1/s1. The largest absolute Gasteiger partial charge is 0.469 e. The minimum atomic E-state index is -2.14. The quantitative estimate of drug-likeness (QED) is 0.517. The van der Waals surface area contributed by atoms with Crippen molar-refractivity contribution in [1.29, 1.82) is 0 Å². The molecule has 152 valence electrons. The van der Waals surface area contributed by atoms with Crippen LogP contribution in [0.15, 0.2) is 30.3 Å². The van der Waals surface area contributed by atoms with Gasteiger partial charge in [-0.1, -0.05) is 56.3 Å². The van der Waals surface area contributed by atoms with Gasteiger partial charge < -0.3 is 9.26 Å². The smallest absolute Gasteiger partial charge is 0.307 e. The average Bonchev–Trinajstić information content (AvgIpc) is 2.55. The molecule has 0 unspecified atom stereocenters. The monoisotopic (exact) mass is 393 g/mol. The van der Waals surface area contributed by atoms with Crippen LogP contribution in [0.5, 0.6) is 0 Å². The zero-order valence-corrected chi connectivity index (χ0v) is 19.0. The van der Waals surface area contributed by atoms with Crippen LogP contribution in [0, 0.1) is 0 Å². The summed E-state index contributed by atoms with van der Waals surface area (Å²) in [6.45, 7) is 15.1. The van der Waals surface area contributed by atoms with Gasteiger partial charge in [-0.3, -0.25) is 9.63 Å². The minimum absolute atomic E-state index is 0.0238. The number of esters is 1. The molecule has 2 rings (SSSR count). The van der Waals surface area contributed by atoms with E-state index >= 15 is 0 Å². The molecule has 6 heteroatoms. The second-order valence-corrected chi connectivity index (χ2v) is 14.3. The molecule has 2 atom stereocenters. The second kappa shape index (κ2) is 8.03. The maximum absolute atomic E-state index is 12.2. The van der Waals surface area contributed by atoms with Gasteiger partial charge in [-0.05, 0) is 44.0 Å². The van der Waals surface area contributed by atoms with Crippen LogP contribution in [-0.4, -0.2) is 38.3 Å². The number of ether oxygens (including phenoxy) is 1. The van der Waals surface area contributed by atoms with Gasteiger partial charge in [-0.15, -0.1) is 0 Å². The maximum Gasteiger partial charge on any atom is 0.307 e. The molecule has 0 aromatic heterocycles. The van der Waals surface area contributed by atoms with Gasteiger partial charge in [-0.25, -0.2) is 0 Å². The molecule has 0 spiro atoms. The summed E-state index contributed by atoms with van der Waals surface area (Å²) in [6.07, 6.45) is 1.02. The molecule has 0 N–H and O–H groups in total. The van der Waals surface area contributed by atoms with Crippen molar-refractivity contribution in [2.45, 2.75) is 83.2 Å². The molecule has 1 saturated heterocycles. The van der Waals surface area contributed by atoms with E-state index in [1.165, 1.54) is 12.7 Å². The van der Waals surface area contributed by atoms with E-state index in [4.69, 9.17) is 14.1 Å². The summed E-state index contributed by atoms with van der Waals surface area (Å²) >= 11 is 0. The molecule has 27 heavy (non-hydrogen) atoms. The Hall–Kier alpha value is -1.21. The van der Waals surface area contributed by atoms with Crippen LogP contribution < -0.4 is 0 Å². The van der Waals surface area contributed by atoms with E-state index in [9.17, 15) is 4.79 Å². The first kappa shape index (κ1) is 22.1. The Balaban J connectivity index is 2.42. The van der Waals surface area contributed by atoms with Crippen LogP contribution >= 0.6 is 0 Å². The highest BCUT2D eigenvalue weighted by molar-refractivity contribution is 6.74. The first-order valence-electron chi connectivity index (χ1n) is 9.65. The van der Waals surface area contributed by atoms with Crippen molar-refractivity contribution in [3.05, 3.63) is 35.9 Å². The van der Waals surface area contributed by atoms with E-state index in [2.05, 4.69) is 59.8 Å². The molecule has 1 fully saturated rings. The lowest BCUT2D eigenvalue weighted by Gasteiger charge is -2.50. The van der Waals surface area contributed by atoms with Crippen LogP contribution in [-0.2, 0) is 18.9 Å². The van der Waals surface area contributed by atoms with Gasteiger partial charge in [0.15, 0.2) is 0 Å². The summed E-state index contributed by atoms with van der Waals surface area (Å²) in [5.41, 5.74) is 0.793. The molecule has 1 heterocycles. The van der Waals surface area contributed by atoms with Crippen LogP contribution in [0.1, 0.15) is 58.9 Å². The summed E-state index contributed by atoms with van der Waals surface area (Å²) in [6, 6.07) is 10.1. The lowest BCUT2D eigenvalue weighted by Crippen LogP contribution is -2.57. The maximum atomic E-state index is 12.2. The Kier molecular flexibility index (Phi) is 6.57. The molecule has 1 aliphatic heterocycles. The predicted molar refractivity (Wildman–Crippen MR) is 110 cm³/mol. The molecule has 5 nitrogen and oxygen atoms in total. The van der Waals surface area contributed by atoms with Gasteiger partial charge in [0, 0.05) is 5.92 Å². The van der Waals surface area contributed by atoms with Crippen molar-refractivity contribution >= 4 is 14.3 Å². The molecule has 0 saturated carbocycles. The summed E-state index contributed by atoms with van der Waals surface area (Å²) < 4.78 is 11.5. The highest BCUT2D eigenvalue weighted by atomic mass is 28.4. The fraction of sp³-hybridized carbons (Fsp3) is 0.667. The van der Waals surface area contributed by atoms with Gasteiger partial charge in [0.1, 0.15) is 0 Å². The first-order chi connectivity index (χ1) is 12.4. The topological polar surface area (TPSA) is 48.0 Å². The lowest BCUT2D eigenvalue weighted by molar-refractivity contribution is -0.410. The number of rotatable bonds is 5. The number of carbonyl (C=O) groups excluding carboxylic acids is 1. The molecule has 1 aromatic carbocycles. The Morgan fingerprint density at radius 3 is 2.37 bits per heavy atom. The van der Waals surface area contributed by atoms with Crippen LogP contribution in [0.3, 0.4) is 0 Å². The molecular weight excluding hydrogens is 358 g/mol. The van der Waals surface area contributed by atoms with E-state index in [0.717, 1.165) is 6.42 Å². The number of nitrogens with zero attached hydrogens (tertiary/aromatic N) is 1. The minimum Gasteiger partial charge on any atom is -0.469 e. The van der Waals surface area contributed by atoms with Crippen molar-refractivity contribution < 1.29 is 18.9 Å². The van der Waals surface area contributed by atoms with Gasteiger partial charge in [0.25, 0.3) is 0 Å². The number of hydrogen-bond acceptors (Lipinski definition) is 5. The Labute approximate surface area is 165 Å². The highest BCUT2D eigenvalue weighted by Gasteiger charge is 2.48. The van der Waals surface area contributed by atoms with E-state index < -0.39 is 13.9 Å². The van der Waals surface area contributed by atoms with E-state index in [-0.39, 0.29) is 29.4 Å². The third kappa shape index (κ3) is 5.41. The van der Waals surface area contributed by atoms with Gasteiger partial charge in [0.05, 0.1) is 25.2 Å². The zero-order chi connectivity index (χ0) is 20.5. The third-order valence-corrected chi connectivity index (χ3v) is 9.99. The molecule has 0 amide bonds. The number of methoxy groups -OCH3 is 1. The zero-order valence-electron chi connectivity index (χ0n) is 18.0. The molecule has 1 aromatic rings. The molecule has 0 radical (unpaired) electrons. The van der Waals surface area contributed by atoms with Crippen LogP contribution in [0.4, 0.5) is 0 Å². The Morgan fingerprint density at radius 2 is 1.85 bits per heavy atom. The highest BCUT2D eigenvalue weighted by Crippen LogP contribution is 2.44. The van der Waals surface area contributed by atoms with Gasteiger partial charge >= 0.3 is 5.97 Å². The third-order valence-electron chi connectivity index (χ3n) is 5.74. The first-order valence-corrected chi connectivity index (χ1v) is 12.6. The van der Waals surface area contributed by atoms with Crippen molar-refractivity contribution in [2.24, 2.45) is 0 Å². The fourth-order valence-electron chi connectivity index (χ4n) is 3.12. The summed E-state index contributed by atoms with van der Waals surface area (Å²) in [5.74, 6) is -0.146. The van der Waals surface area contributed by atoms with Crippen molar-refractivity contribution in [1.82, 2.24) is 5.23 Å².